The monoisotopic (exact) mass is 381 g/mol. The minimum absolute atomic E-state index is 0.134. The van der Waals surface area contributed by atoms with Crippen LogP contribution in [0, 0.1) is 0 Å². The summed E-state index contributed by atoms with van der Waals surface area (Å²) < 4.78 is 25.5. The summed E-state index contributed by atoms with van der Waals surface area (Å²) in [5, 5.41) is 2.91. The van der Waals surface area contributed by atoms with Crippen molar-refractivity contribution in [3.05, 3.63) is 29.8 Å². The molecule has 2 rings (SSSR count). The molecule has 0 unspecified atom stereocenters. The number of hydrogen-bond donors (Lipinski definition) is 1. The molecule has 0 aliphatic carbocycles. The predicted octanol–water partition coefficient (Wildman–Crippen LogP) is 2.32. The molecule has 0 saturated carbocycles. The second-order valence-corrected chi connectivity index (χ2v) is 9.17. The zero-order valence-electron chi connectivity index (χ0n) is 16.1. The van der Waals surface area contributed by atoms with Crippen molar-refractivity contribution in [2.24, 2.45) is 0 Å². The first-order chi connectivity index (χ1) is 12.4. The SMILES string of the molecule is CC[C@H]1CCCCN1CCCNC(=O)c1cccc(S(=O)(=O)N(C)C)c1. The average Bonchev–Trinajstić information content (AvgIpc) is 2.65. The van der Waals surface area contributed by atoms with E-state index in [9.17, 15) is 13.2 Å². The summed E-state index contributed by atoms with van der Waals surface area (Å²) in [5.41, 5.74) is 0.373. The maximum atomic E-state index is 12.3. The summed E-state index contributed by atoms with van der Waals surface area (Å²) in [6.45, 7) is 4.97. The van der Waals surface area contributed by atoms with Crippen LogP contribution >= 0.6 is 0 Å². The Bertz CT molecular complexity index is 704. The van der Waals surface area contributed by atoms with Gasteiger partial charge in [-0.05, 0) is 50.4 Å². The molecule has 0 bridgehead atoms. The lowest BCUT2D eigenvalue weighted by molar-refractivity contribution is 0.0947. The van der Waals surface area contributed by atoms with Crippen molar-refractivity contribution in [3.8, 4) is 0 Å². The van der Waals surface area contributed by atoms with E-state index in [1.54, 1.807) is 12.1 Å². The number of nitrogens with one attached hydrogen (secondary N) is 1. The van der Waals surface area contributed by atoms with Crippen LogP contribution in [-0.2, 0) is 10.0 Å². The lowest BCUT2D eigenvalue weighted by atomic mass is 10.00. The molecule has 0 aromatic heterocycles. The highest BCUT2D eigenvalue weighted by Crippen LogP contribution is 2.19. The van der Waals surface area contributed by atoms with E-state index in [1.807, 2.05) is 0 Å². The Balaban J connectivity index is 1.86. The van der Waals surface area contributed by atoms with E-state index in [0.29, 0.717) is 18.2 Å². The van der Waals surface area contributed by atoms with Gasteiger partial charge in [0.1, 0.15) is 0 Å². The summed E-state index contributed by atoms with van der Waals surface area (Å²) >= 11 is 0. The molecule has 6 nitrogen and oxygen atoms in total. The van der Waals surface area contributed by atoms with Crippen LogP contribution in [0.25, 0.3) is 0 Å². The van der Waals surface area contributed by atoms with Gasteiger partial charge in [0.2, 0.25) is 10.0 Å². The van der Waals surface area contributed by atoms with Crippen LogP contribution in [0.15, 0.2) is 29.2 Å². The molecule has 1 N–H and O–H groups in total. The second kappa shape index (κ2) is 9.48. The number of benzene rings is 1. The molecule has 0 radical (unpaired) electrons. The van der Waals surface area contributed by atoms with Crippen molar-refractivity contribution < 1.29 is 13.2 Å². The van der Waals surface area contributed by atoms with Gasteiger partial charge in [-0.3, -0.25) is 4.79 Å². The molecule has 1 aliphatic rings. The molecule has 1 aliphatic heterocycles. The summed E-state index contributed by atoms with van der Waals surface area (Å²) in [4.78, 5) is 15.0. The van der Waals surface area contributed by atoms with Crippen LogP contribution in [0.5, 0.6) is 0 Å². The highest BCUT2D eigenvalue weighted by molar-refractivity contribution is 7.89. The van der Waals surface area contributed by atoms with Gasteiger partial charge >= 0.3 is 0 Å². The minimum atomic E-state index is -3.54. The Morgan fingerprint density at radius 1 is 1.31 bits per heavy atom. The van der Waals surface area contributed by atoms with Crippen molar-refractivity contribution in [1.29, 1.82) is 0 Å². The maximum Gasteiger partial charge on any atom is 0.251 e. The molecule has 1 heterocycles. The predicted molar refractivity (Wildman–Crippen MR) is 104 cm³/mol. The molecule has 1 fully saturated rings. The normalized spacial score (nSPS) is 18.8. The lowest BCUT2D eigenvalue weighted by Crippen LogP contribution is -2.40. The smallest absolute Gasteiger partial charge is 0.251 e. The Morgan fingerprint density at radius 3 is 2.77 bits per heavy atom. The molecule has 146 valence electrons. The molecule has 1 aromatic carbocycles. The number of likely N-dealkylation sites (tertiary alicyclic amines) is 1. The van der Waals surface area contributed by atoms with Crippen LogP contribution in [0.1, 0.15) is 49.4 Å². The fraction of sp³-hybridized carbons (Fsp3) is 0.632. The van der Waals surface area contributed by atoms with Crippen LogP contribution in [0.3, 0.4) is 0 Å². The van der Waals surface area contributed by atoms with Crippen LogP contribution < -0.4 is 5.32 Å². The third-order valence-corrected chi connectivity index (χ3v) is 6.81. The van der Waals surface area contributed by atoms with Gasteiger partial charge in [-0.15, -0.1) is 0 Å². The molecule has 7 heteroatoms. The van der Waals surface area contributed by atoms with E-state index in [0.717, 1.165) is 23.8 Å². The first-order valence-corrected chi connectivity index (χ1v) is 10.8. The van der Waals surface area contributed by atoms with Gasteiger partial charge < -0.3 is 10.2 Å². The Labute approximate surface area is 157 Å². The number of piperidine rings is 1. The molecule has 1 aromatic rings. The zero-order chi connectivity index (χ0) is 19.2. The van der Waals surface area contributed by atoms with Crippen LogP contribution in [0.4, 0.5) is 0 Å². The standard InChI is InChI=1S/C19H31N3O3S/c1-4-17-10-5-6-13-22(17)14-8-12-20-19(23)16-9-7-11-18(15-16)26(24,25)21(2)3/h7,9,11,15,17H,4-6,8,10,12-14H2,1-3H3,(H,20,23)/t17-/m0/s1. The fourth-order valence-electron chi connectivity index (χ4n) is 3.41. The molecule has 0 spiro atoms. The molecule has 1 saturated heterocycles. The average molecular weight is 382 g/mol. The van der Waals surface area contributed by atoms with Gasteiger partial charge in [0.25, 0.3) is 5.91 Å². The van der Waals surface area contributed by atoms with Crippen molar-refractivity contribution >= 4 is 15.9 Å². The van der Waals surface area contributed by atoms with E-state index in [4.69, 9.17) is 0 Å². The number of hydrogen-bond acceptors (Lipinski definition) is 4. The summed E-state index contributed by atoms with van der Waals surface area (Å²) in [6.07, 6.45) is 5.93. The largest absolute Gasteiger partial charge is 0.352 e. The number of carbonyl (C=O) groups is 1. The summed E-state index contributed by atoms with van der Waals surface area (Å²) in [6, 6.07) is 6.86. The number of carbonyl (C=O) groups excluding carboxylic acids is 1. The van der Waals surface area contributed by atoms with Gasteiger partial charge in [0.05, 0.1) is 4.90 Å². The molecule has 1 amide bonds. The van der Waals surface area contributed by atoms with E-state index in [1.165, 1.54) is 51.9 Å². The Morgan fingerprint density at radius 2 is 2.08 bits per heavy atom. The number of sulfonamides is 1. The first-order valence-electron chi connectivity index (χ1n) is 9.41. The van der Waals surface area contributed by atoms with Gasteiger partial charge in [0, 0.05) is 38.8 Å². The quantitative estimate of drug-likeness (QED) is 0.702. The van der Waals surface area contributed by atoms with Crippen molar-refractivity contribution in [2.75, 3.05) is 33.7 Å². The van der Waals surface area contributed by atoms with E-state index >= 15 is 0 Å². The van der Waals surface area contributed by atoms with Gasteiger partial charge in [-0.2, -0.15) is 0 Å². The summed E-state index contributed by atoms with van der Waals surface area (Å²) in [5.74, 6) is -0.230. The number of rotatable bonds is 8. The third kappa shape index (κ3) is 5.28. The number of amides is 1. The fourth-order valence-corrected chi connectivity index (χ4v) is 4.36. The van der Waals surface area contributed by atoms with E-state index in [2.05, 4.69) is 17.1 Å². The Hall–Kier alpha value is -1.44. The van der Waals surface area contributed by atoms with Gasteiger partial charge in [-0.25, -0.2) is 12.7 Å². The van der Waals surface area contributed by atoms with Gasteiger partial charge in [0.15, 0.2) is 0 Å². The Kier molecular flexibility index (Phi) is 7.61. The van der Waals surface area contributed by atoms with Crippen LogP contribution in [-0.4, -0.2) is 63.3 Å². The summed E-state index contributed by atoms with van der Waals surface area (Å²) in [7, 11) is -0.578. The lowest BCUT2D eigenvalue weighted by Gasteiger charge is -2.35. The number of nitrogens with zero attached hydrogens (tertiary/aromatic N) is 2. The van der Waals surface area contributed by atoms with Crippen LogP contribution in [0.2, 0.25) is 0 Å². The van der Waals surface area contributed by atoms with Crippen molar-refractivity contribution in [3.63, 3.8) is 0 Å². The van der Waals surface area contributed by atoms with E-state index in [-0.39, 0.29) is 10.8 Å². The maximum absolute atomic E-state index is 12.3. The second-order valence-electron chi connectivity index (χ2n) is 7.02. The zero-order valence-corrected chi connectivity index (χ0v) is 16.9. The highest BCUT2D eigenvalue weighted by atomic mass is 32.2. The third-order valence-electron chi connectivity index (χ3n) is 5.00. The van der Waals surface area contributed by atoms with Gasteiger partial charge in [-0.1, -0.05) is 19.4 Å². The topological polar surface area (TPSA) is 69.7 Å². The molecule has 26 heavy (non-hydrogen) atoms. The highest BCUT2D eigenvalue weighted by Gasteiger charge is 2.20. The van der Waals surface area contributed by atoms with E-state index < -0.39 is 10.0 Å². The van der Waals surface area contributed by atoms with Crippen molar-refractivity contribution in [2.45, 2.75) is 50.0 Å². The molecule has 1 atom stereocenters. The molecular weight excluding hydrogens is 350 g/mol. The molecular formula is C19H31N3O3S. The first kappa shape index (κ1) is 20.9. The van der Waals surface area contributed by atoms with Crippen molar-refractivity contribution in [1.82, 2.24) is 14.5 Å². The minimum Gasteiger partial charge on any atom is -0.352 e.